The van der Waals surface area contributed by atoms with E-state index in [4.69, 9.17) is 19.9 Å². The fourth-order valence-corrected chi connectivity index (χ4v) is 3.20. The van der Waals surface area contributed by atoms with E-state index in [0.717, 1.165) is 36.8 Å². The van der Waals surface area contributed by atoms with Crippen molar-refractivity contribution in [1.29, 1.82) is 0 Å². The lowest BCUT2D eigenvalue weighted by Crippen LogP contribution is -2.29. The van der Waals surface area contributed by atoms with Gasteiger partial charge in [0.15, 0.2) is 18.6 Å². The molecule has 1 amide bonds. The van der Waals surface area contributed by atoms with E-state index in [-0.39, 0.29) is 30.1 Å². The van der Waals surface area contributed by atoms with Gasteiger partial charge in [-0.1, -0.05) is 0 Å². The average Bonchev–Trinajstić information content (AvgIpc) is 2.71. The van der Waals surface area contributed by atoms with Gasteiger partial charge in [0.1, 0.15) is 0 Å². The predicted molar refractivity (Wildman–Crippen MR) is 106 cm³/mol. The SMILES string of the molecule is CNC(=O)COc1cc2cc(N)ccc2n(CCCOC2CCCCO2)c1=O. The lowest BCUT2D eigenvalue weighted by molar-refractivity contribution is -0.163. The number of anilines is 1. The Balaban J connectivity index is 1.75. The van der Waals surface area contributed by atoms with Crippen LogP contribution in [0.5, 0.6) is 5.75 Å². The monoisotopic (exact) mass is 389 g/mol. The first kappa shape index (κ1) is 20.2. The summed E-state index contributed by atoms with van der Waals surface area (Å²) in [5.41, 5.74) is 6.96. The van der Waals surface area contributed by atoms with Crippen molar-refractivity contribution in [3.63, 3.8) is 0 Å². The number of hydrogen-bond donors (Lipinski definition) is 2. The number of nitrogens with one attached hydrogen (secondary N) is 1. The van der Waals surface area contributed by atoms with Crippen LogP contribution in [-0.4, -0.2) is 43.6 Å². The number of rotatable bonds is 8. The van der Waals surface area contributed by atoms with E-state index < -0.39 is 0 Å². The molecule has 0 aliphatic carbocycles. The summed E-state index contributed by atoms with van der Waals surface area (Å²) < 4.78 is 18.4. The second kappa shape index (κ2) is 9.57. The number of fused-ring (bicyclic) bond motifs is 1. The van der Waals surface area contributed by atoms with E-state index in [0.29, 0.717) is 25.3 Å². The van der Waals surface area contributed by atoms with Crippen molar-refractivity contribution in [2.45, 2.75) is 38.5 Å². The molecule has 1 aromatic carbocycles. The number of ether oxygens (including phenoxy) is 3. The fourth-order valence-electron chi connectivity index (χ4n) is 3.20. The lowest BCUT2D eigenvalue weighted by Gasteiger charge is -2.22. The Bertz CT molecular complexity index is 874. The van der Waals surface area contributed by atoms with Gasteiger partial charge in [-0.15, -0.1) is 0 Å². The standard InChI is InChI=1S/C20H27N3O5/c1-22-18(24)13-28-17-12-14-11-15(21)6-7-16(14)23(20(17)25)8-4-10-27-19-5-2-3-9-26-19/h6-7,11-12,19H,2-5,8-10,13,21H2,1H3,(H,22,24). The van der Waals surface area contributed by atoms with Crippen LogP contribution in [0, 0.1) is 0 Å². The van der Waals surface area contributed by atoms with Gasteiger partial charge in [0.05, 0.1) is 12.1 Å². The smallest absolute Gasteiger partial charge is 0.293 e. The molecule has 28 heavy (non-hydrogen) atoms. The molecule has 1 unspecified atom stereocenters. The highest BCUT2D eigenvalue weighted by molar-refractivity contribution is 5.83. The zero-order valence-corrected chi connectivity index (χ0v) is 16.1. The van der Waals surface area contributed by atoms with Crippen LogP contribution in [0.3, 0.4) is 0 Å². The number of aryl methyl sites for hydroxylation is 1. The van der Waals surface area contributed by atoms with E-state index in [1.807, 2.05) is 6.07 Å². The van der Waals surface area contributed by atoms with E-state index in [1.165, 1.54) is 7.05 Å². The van der Waals surface area contributed by atoms with E-state index in [2.05, 4.69) is 5.32 Å². The van der Waals surface area contributed by atoms with Crippen molar-refractivity contribution in [2.75, 3.05) is 32.6 Å². The predicted octanol–water partition coefficient (Wildman–Crippen LogP) is 1.64. The third-order valence-electron chi connectivity index (χ3n) is 4.69. The van der Waals surface area contributed by atoms with Crippen LogP contribution in [0.15, 0.2) is 29.1 Å². The summed E-state index contributed by atoms with van der Waals surface area (Å²) >= 11 is 0. The topological polar surface area (TPSA) is 105 Å². The van der Waals surface area contributed by atoms with E-state index in [1.54, 1.807) is 22.8 Å². The van der Waals surface area contributed by atoms with Gasteiger partial charge in [0.25, 0.3) is 11.5 Å². The first-order valence-electron chi connectivity index (χ1n) is 9.58. The zero-order chi connectivity index (χ0) is 19.9. The molecule has 1 atom stereocenters. The summed E-state index contributed by atoms with van der Waals surface area (Å²) in [6, 6.07) is 6.99. The van der Waals surface area contributed by atoms with Gasteiger partial charge in [0, 0.05) is 31.3 Å². The van der Waals surface area contributed by atoms with Gasteiger partial charge in [-0.05, 0) is 49.9 Å². The normalized spacial score (nSPS) is 16.8. The summed E-state index contributed by atoms with van der Waals surface area (Å²) in [5.74, 6) is -0.183. The van der Waals surface area contributed by atoms with Gasteiger partial charge in [-0.3, -0.25) is 9.59 Å². The lowest BCUT2D eigenvalue weighted by atomic mass is 10.2. The van der Waals surface area contributed by atoms with Crippen LogP contribution < -0.4 is 21.3 Å². The molecule has 0 saturated carbocycles. The molecule has 8 heteroatoms. The maximum atomic E-state index is 12.9. The van der Waals surface area contributed by atoms with Crippen molar-refractivity contribution in [3.05, 3.63) is 34.6 Å². The summed E-state index contributed by atoms with van der Waals surface area (Å²) in [7, 11) is 1.51. The molecule has 3 N–H and O–H groups in total. The van der Waals surface area contributed by atoms with Gasteiger partial charge >= 0.3 is 0 Å². The minimum Gasteiger partial charge on any atom is -0.478 e. The zero-order valence-electron chi connectivity index (χ0n) is 16.1. The summed E-state index contributed by atoms with van der Waals surface area (Å²) in [6.07, 6.45) is 3.60. The van der Waals surface area contributed by atoms with Crippen molar-refractivity contribution in [2.24, 2.45) is 0 Å². The molecule has 1 aromatic heterocycles. The summed E-state index contributed by atoms with van der Waals surface area (Å²) in [6.45, 7) is 1.47. The molecule has 0 bridgehead atoms. The van der Waals surface area contributed by atoms with Gasteiger partial charge in [-0.25, -0.2) is 0 Å². The first-order chi connectivity index (χ1) is 13.6. The molecular weight excluding hydrogens is 362 g/mol. The Morgan fingerprint density at radius 2 is 2.21 bits per heavy atom. The van der Waals surface area contributed by atoms with Gasteiger partial charge < -0.3 is 29.8 Å². The number of aromatic nitrogens is 1. The number of carbonyl (C=O) groups excluding carboxylic acids is 1. The second-order valence-corrected chi connectivity index (χ2v) is 6.77. The van der Waals surface area contributed by atoms with Gasteiger partial charge in [0.2, 0.25) is 0 Å². The number of likely N-dealkylation sites (N-methyl/N-ethyl adjacent to an activating group) is 1. The number of carbonyl (C=O) groups is 1. The second-order valence-electron chi connectivity index (χ2n) is 6.77. The maximum Gasteiger partial charge on any atom is 0.293 e. The van der Waals surface area contributed by atoms with Crippen LogP contribution in [-0.2, 0) is 20.8 Å². The minimum atomic E-state index is -0.306. The molecule has 3 rings (SSSR count). The first-order valence-corrected chi connectivity index (χ1v) is 9.58. The molecule has 2 heterocycles. The quantitative estimate of drug-likeness (QED) is 0.525. The molecule has 8 nitrogen and oxygen atoms in total. The number of nitrogens with two attached hydrogens (primary N) is 1. The Labute approximate surface area is 163 Å². The highest BCUT2D eigenvalue weighted by atomic mass is 16.7. The van der Waals surface area contributed by atoms with Crippen molar-refractivity contribution < 1.29 is 19.0 Å². The van der Waals surface area contributed by atoms with Gasteiger partial charge in [-0.2, -0.15) is 0 Å². The highest BCUT2D eigenvalue weighted by Gasteiger charge is 2.15. The van der Waals surface area contributed by atoms with E-state index >= 15 is 0 Å². The average molecular weight is 389 g/mol. The Morgan fingerprint density at radius 1 is 1.36 bits per heavy atom. The Morgan fingerprint density at radius 3 is 2.96 bits per heavy atom. The summed E-state index contributed by atoms with van der Waals surface area (Å²) in [5, 5.41) is 3.25. The van der Waals surface area contributed by atoms with Crippen molar-refractivity contribution >= 4 is 22.5 Å². The highest BCUT2D eigenvalue weighted by Crippen LogP contribution is 2.21. The Hall–Kier alpha value is -2.58. The number of amides is 1. The maximum absolute atomic E-state index is 12.9. The largest absolute Gasteiger partial charge is 0.478 e. The molecule has 2 aromatic rings. The van der Waals surface area contributed by atoms with Crippen LogP contribution >= 0.6 is 0 Å². The number of benzene rings is 1. The van der Waals surface area contributed by atoms with Crippen LogP contribution in [0.1, 0.15) is 25.7 Å². The molecule has 1 saturated heterocycles. The van der Waals surface area contributed by atoms with Crippen LogP contribution in [0.25, 0.3) is 10.9 Å². The number of hydrogen-bond acceptors (Lipinski definition) is 6. The molecular formula is C20H27N3O5. The third-order valence-corrected chi connectivity index (χ3v) is 4.69. The van der Waals surface area contributed by atoms with Crippen molar-refractivity contribution in [1.82, 2.24) is 9.88 Å². The van der Waals surface area contributed by atoms with E-state index in [9.17, 15) is 9.59 Å². The molecule has 1 fully saturated rings. The molecule has 0 radical (unpaired) electrons. The number of nitrogen functional groups attached to an aromatic ring is 1. The number of pyridine rings is 1. The molecule has 1 aliphatic rings. The molecule has 1 aliphatic heterocycles. The third kappa shape index (κ3) is 5.02. The fraction of sp³-hybridized carbons (Fsp3) is 0.500. The van der Waals surface area contributed by atoms with Crippen molar-refractivity contribution in [3.8, 4) is 5.75 Å². The Kier molecular flexibility index (Phi) is 6.89. The summed E-state index contributed by atoms with van der Waals surface area (Å²) in [4.78, 5) is 24.3. The molecule has 152 valence electrons. The van der Waals surface area contributed by atoms with Crippen LogP contribution in [0.2, 0.25) is 0 Å². The molecule has 0 spiro atoms. The van der Waals surface area contributed by atoms with Crippen LogP contribution in [0.4, 0.5) is 5.69 Å². The minimum absolute atomic E-state index is 0.123. The number of nitrogens with zero attached hydrogens (tertiary/aromatic N) is 1.